The Balaban J connectivity index is 0.767. The molecule has 0 aromatic heterocycles. The summed E-state index contributed by atoms with van der Waals surface area (Å²) in [5.41, 5.74) is 0. The van der Waals surface area contributed by atoms with Crippen molar-refractivity contribution in [2.75, 3.05) is 0 Å². The first-order valence-corrected chi connectivity index (χ1v) is 38.7. The number of hydrogen-bond donors (Lipinski definition) is 0. The third kappa shape index (κ3) is 9.79. The lowest BCUT2D eigenvalue weighted by Gasteiger charge is -2.63. The Hall–Kier alpha value is 0. The summed E-state index contributed by atoms with van der Waals surface area (Å²) in [4.78, 5) is 0. The largest absolute Gasteiger partial charge is 0.0530 e. The van der Waals surface area contributed by atoms with E-state index in [1.165, 1.54) is 0 Å². The molecule has 0 aromatic carbocycles. The van der Waals surface area contributed by atoms with Crippen molar-refractivity contribution < 1.29 is 0 Å². The van der Waals surface area contributed by atoms with E-state index in [-0.39, 0.29) is 0 Å². The summed E-state index contributed by atoms with van der Waals surface area (Å²) in [6.07, 6.45) is 78.6. The van der Waals surface area contributed by atoms with Crippen molar-refractivity contribution in [3.05, 3.63) is 0 Å². The van der Waals surface area contributed by atoms with Gasteiger partial charge in [-0.1, -0.05) is 173 Å². The van der Waals surface area contributed by atoms with Gasteiger partial charge in [0, 0.05) is 0 Å². The van der Waals surface area contributed by atoms with Crippen molar-refractivity contribution in [3.8, 4) is 0 Å². The van der Waals surface area contributed by atoms with Gasteiger partial charge in [-0.2, -0.15) is 0 Å². The molecule has 0 spiro atoms. The zero-order valence-corrected chi connectivity index (χ0v) is 51.3. The minimum Gasteiger partial charge on any atom is -0.0530 e. The molecule has 0 nitrogen and oxygen atoms in total. The third-order valence-electron chi connectivity index (χ3n) is 32.9. The topological polar surface area (TPSA) is 0 Å². The lowest BCUT2D eigenvalue weighted by molar-refractivity contribution is -0.147. The molecule has 0 saturated heterocycles. The van der Waals surface area contributed by atoms with Gasteiger partial charge < -0.3 is 0 Å². The van der Waals surface area contributed by atoms with E-state index >= 15 is 0 Å². The van der Waals surface area contributed by atoms with E-state index in [1.807, 2.05) is 0 Å². The highest BCUT2D eigenvalue weighted by molar-refractivity contribution is 5.10. The number of rotatable bonds is 6. The van der Waals surface area contributed by atoms with Crippen molar-refractivity contribution >= 4 is 0 Å². The molecule has 24 atom stereocenters. The Kier molecular flexibility index (Phi) is 16.0. The first-order valence-electron chi connectivity index (χ1n) is 38.7. The fourth-order valence-electron chi connectivity index (χ4n) is 31.2. The average molecular weight is 1060 g/mol. The minimum atomic E-state index is 1.09. The lowest BCUT2D eigenvalue weighted by Crippen LogP contribution is -2.56. The van der Waals surface area contributed by atoms with Crippen molar-refractivity contribution in [1.29, 1.82) is 0 Å². The van der Waals surface area contributed by atoms with Gasteiger partial charge >= 0.3 is 0 Å². The maximum Gasteiger partial charge on any atom is -0.0323 e. The zero-order chi connectivity index (χ0) is 51.3. The van der Waals surface area contributed by atoms with Gasteiger partial charge in [-0.25, -0.2) is 0 Å². The second kappa shape index (κ2) is 23.4. The van der Waals surface area contributed by atoms with Crippen molar-refractivity contribution in [2.24, 2.45) is 178 Å². The smallest absolute Gasteiger partial charge is 0.0323 e. The Morgan fingerprint density at radius 2 is 0.269 bits per heavy atom. The highest BCUT2D eigenvalue weighted by atomic mass is 14.7. The van der Waals surface area contributed by atoms with Gasteiger partial charge in [0.1, 0.15) is 0 Å². The molecule has 16 rings (SSSR count). The van der Waals surface area contributed by atoms with Crippen LogP contribution in [0.2, 0.25) is 0 Å². The van der Waals surface area contributed by atoms with Gasteiger partial charge in [-0.05, 0) is 312 Å². The van der Waals surface area contributed by atoms with E-state index in [9.17, 15) is 0 Å². The molecule has 0 bridgehead atoms. The summed E-state index contributed by atoms with van der Waals surface area (Å²) < 4.78 is 0. The van der Waals surface area contributed by atoms with Crippen LogP contribution in [0.4, 0.5) is 0 Å². The Labute approximate surface area is 483 Å². The molecule has 0 heteroatoms. The van der Waals surface area contributed by atoms with Crippen LogP contribution < -0.4 is 0 Å². The summed E-state index contributed by atoms with van der Waals surface area (Å²) in [6.45, 7) is 0. The SMILES string of the molecule is C1CCC2C(C1)CCCC2C1CC(C2C3CCCCC3CC3CCCCC32)CC(C2C3CCCCC3C(C3CC(C4C5CCCCC5CC5CCCCC54)CC(C4C5CCCCC5CC5CCCCC54)C3)C3CCCCC32)C1. The molecule has 0 heterocycles. The zero-order valence-electron chi connectivity index (χ0n) is 51.3. The summed E-state index contributed by atoms with van der Waals surface area (Å²) in [6, 6.07) is 0. The Bertz CT molecular complexity index is 1810. The molecule has 0 amide bonds. The van der Waals surface area contributed by atoms with Crippen LogP contribution in [0.1, 0.15) is 308 Å². The maximum atomic E-state index is 1.74. The fourth-order valence-corrected chi connectivity index (χ4v) is 31.2. The Morgan fingerprint density at radius 1 is 0.103 bits per heavy atom. The predicted octanol–water partition coefficient (Wildman–Crippen LogP) is 22.4. The van der Waals surface area contributed by atoms with Crippen LogP contribution in [0.15, 0.2) is 0 Å². The van der Waals surface area contributed by atoms with Crippen LogP contribution in [0.3, 0.4) is 0 Å². The summed E-state index contributed by atoms with van der Waals surface area (Å²) >= 11 is 0. The molecule has 0 radical (unpaired) electrons. The highest BCUT2D eigenvalue weighted by Gasteiger charge is 2.61. The first-order chi connectivity index (χ1) is 38.7. The fraction of sp³-hybridized carbons (Fsp3) is 1.00. The third-order valence-corrected chi connectivity index (χ3v) is 32.9. The van der Waals surface area contributed by atoms with Crippen LogP contribution >= 0.6 is 0 Å². The van der Waals surface area contributed by atoms with E-state index in [0.717, 1.165) is 178 Å². The number of hydrogen-bond acceptors (Lipinski definition) is 0. The van der Waals surface area contributed by atoms with Crippen LogP contribution in [0.5, 0.6) is 0 Å². The molecule has 16 fully saturated rings. The van der Waals surface area contributed by atoms with Gasteiger partial charge in [0.25, 0.3) is 0 Å². The molecule has 438 valence electrons. The van der Waals surface area contributed by atoms with Gasteiger partial charge in [-0.15, -0.1) is 0 Å². The molecule has 0 aromatic rings. The summed E-state index contributed by atoms with van der Waals surface area (Å²) in [7, 11) is 0. The normalized spacial score (nSPS) is 56.3. The molecular weight excluding hydrogens is 937 g/mol. The van der Waals surface area contributed by atoms with E-state index < -0.39 is 0 Å². The van der Waals surface area contributed by atoms with Crippen LogP contribution in [-0.2, 0) is 0 Å². The molecule has 16 aliphatic carbocycles. The van der Waals surface area contributed by atoms with Crippen molar-refractivity contribution in [1.82, 2.24) is 0 Å². The van der Waals surface area contributed by atoms with Crippen LogP contribution in [0, 0.1) is 178 Å². The van der Waals surface area contributed by atoms with E-state index in [1.54, 1.807) is 308 Å². The highest BCUT2D eigenvalue weighted by Crippen LogP contribution is 2.69. The average Bonchev–Trinajstić information content (AvgIpc) is 3.64. The molecule has 24 unspecified atom stereocenters. The molecule has 0 aliphatic heterocycles. The van der Waals surface area contributed by atoms with E-state index in [0.29, 0.717) is 0 Å². The molecule has 78 heavy (non-hydrogen) atoms. The van der Waals surface area contributed by atoms with Gasteiger partial charge in [0.15, 0.2) is 0 Å². The van der Waals surface area contributed by atoms with E-state index in [4.69, 9.17) is 0 Å². The standard InChI is InChI=1S/C78H126/c1-8-28-62-49(20-1)27-19-39-63(62)56-43-57(74-64-29-9-2-21-50(64)40-51-22-3-10-30-65(51)74)45-58(44-56)77-70-35-15-17-37-72(70)78(73-38-18-16-36-71(73)77)61-47-59(75-66-31-11-4-23-52(66)41-53-24-5-12-32-67(53)75)46-60(48-61)76-68-33-13-6-25-54(68)42-55-26-7-14-34-69(55)76/h49-78H,1-48H2. The minimum absolute atomic E-state index is 1.09. The molecule has 16 saturated carbocycles. The van der Waals surface area contributed by atoms with Crippen molar-refractivity contribution in [2.45, 2.75) is 308 Å². The Morgan fingerprint density at radius 3 is 0.564 bits per heavy atom. The van der Waals surface area contributed by atoms with Crippen LogP contribution in [-0.4, -0.2) is 0 Å². The predicted molar refractivity (Wildman–Crippen MR) is 326 cm³/mol. The van der Waals surface area contributed by atoms with Gasteiger partial charge in [-0.3, -0.25) is 0 Å². The van der Waals surface area contributed by atoms with Crippen LogP contribution in [0.25, 0.3) is 0 Å². The second-order valence-corrected chi connectivity index (χ2v) is 35.3. The van der Waals surface area contributed by atoms with Gasteiger partial charge in [0.2, 0.25) is 0 Å². The van der Waals surface area contributed by atoms with Gasteiger partial charge in [0.05, 0.1) is 0 Å². The molecule has 16 aliphatic rings. The summed E-state index contributed by atoms with van der Waals surface area (Å²) in [5.74, 6) is 33.4. The number of fused-ring (bicyclic) bond motifs is 9. The maximum absolute atomic E-state index is 1.74. The molecular formula is C78H126. The monoisotopic (exact) mass is 1060 g/mol. The van der Waals surface area contributed by atoms with Crippen molar-refractivity contribution in [3.63, 3.8) is 0 Å². The summed E-state index contributed by atoms with van der Waals surface area (Å²) in [5, 5.41) is 0. The second-order valence-electron chi connectivity index (χ2n) is 35.3. The first kappa shape index (κ1) is 53.5. The quantitative estimate of drug-likeness (QED) is 0.249. The lowest BCUT2D eigenvalue weighted by atomic mass is 9.41. The van der Waals surface area contributed by atoms with E-state index in [2.05, 4.69) is 0 Å². The molecule has 0 N–H and O–H groups in total.